The standard InChI is InChI=1S/C16H25N5O2/c1-4-16-18-15(20-23-16)10-21-7-5-6-13(9-21)17-8-14-11(2)19-22-12(14)3/h13,17H,4-10H2,1-3H3/t13-/m0/s1. The van der Waals surface area contributed by atoms with E-state index in [0.717, 1.165) is 49.9 Å². The predicted molar refractivity (Wildman–Crippen MR) is 84.8 cm³/mol. The van der Waals surface area contributed by atoms with Crippen LogP contribution in [-0.4, -0.2) is 39.3 Å². The third-order valence-electron chi connectivity index (χ3n) is 4.43. The van der Waals surface area contributed by atoms with Crippen LogP contribution in [-0.2, 0) is 19.5 Å². The number of hydrogen-bond acceptors (Lipinski definition) is 7. The van der Waals surface area contributed by atoms with Gasteiger partial charge in [0.15, 0.2) is 5.82 Å². The summed E-state index contributed by atoms with van der Waals surface area (Å²) in [6.45, 7) is 9.62. The van der Waals surface area contributed by atoms with Crippen molar-refractivity contribution in [2.45, 2.75) is 59.2 Å². The van der Waals surface area contributed by atoms with Crippen molar-refractivity contribution in [2.24, 2.45) is 0 Å². The molecule has 0 aliphatic carbocycles. The summed E-state index contributed by atoms with van der Waals surface area (Å²) in [5.41, 5.74) is 2.15. The Morgan fingerprint density at radius 2 is 2.13 bits per heavy atom. The fourth-order valence-electron chi connectivity index (χ4n) is 3.06. The molecule has 0 spiro atoms. The number of piperidine rings is 1. The van der Waals surface area contributed by atoms with E-state index in [1.54, 1.807) is 0 Å². The van der Waals surface area contributed by atoms with Crippen molar-refractivity contribution < 1.29 is 9.05 Å². The molecule has 3 heterocycles. The molecular formula is C16H25N5O2. The van der Waals surface area contributed by atoms with Crippen molar-refractivity contribution in [2.75, 3.05) is 13.1 Å². The van der Waals surface area contributed by atoms with Crippen LogP contribution in [0.25, 0.3) is 0 Å². The highest BCUT2D eigenvalue weighted by Gasteiger charge is 2.22. The fourth-order valence-corrected chi connectivity index (χ4v) is 3.06. The van der Waals surface area contributed by atoms with Crippen LogP contribution in [0, 0.1) is 13.8 Å². The number of nitrogens with one attached hydrogen (secondary N) is 1. The molecule has 0 radical (unpaired) electrons. The highest BCUT2D eigenvalue weighted by atomic mass is 16.5. The number of likely N-dealkylation sites (tertiary alicyclic amines) is 1. The van der Waals surface area contributed by atoms with Gasteiger partial charge in [0, 0.05) is 31.1 Å². The van der Waals surface area contributed by atoms with Crippen LogP contribution in [0.2, 0.25) is 0 Å². The summed E-state index contributed by atoms with van der Waals surface area (Å²) in [5.74, 6) is 2.40. The number of rotatable bonds is 6. The fraction of sp³-hybridized carbons (Fsp3) is 0.688. The van der Waals surface area contributed by atoms with Gasteiger partial charge in [0.1, 0.15) is 5.76 Å². The largest absolute Gasteiger partial charge is 0.361 e. The molecule has 7 heteroatoms. The Bertz CT molecular complexity index is 617. The van der Waals surface area contributed by atoms with Crippen molar-refractivity contribution in [3.8, 4) is 0 Å². The van der Waals surface area contributed by atoms with E-state index in [2.05, 4.69) is 25.5 Å². The molecule has 1 fully saturated rings. The van der Waals surface area contributed by atoms with Crippen molar-refractivity contribution in [3.05, 3.63) is 28.7 Å². The van der Waals surface area contributed by atoms with Crippen molar-refractivity contribution in [1.82, 2.24) is 25.5 Å². The smallest absolute Gasteiger partial charge is 0.226 e. The Morgan fingerprint density at radius 3 is 2.83 bits per heavy atom. The zero-order chi connectivity index (χ0) is 16.2. The predicted octanol–water partition coefficient (Wildman–Crippen LogP) is 1.99. The summed E-state index contributed by atoms with van der Waals surface area (Å²) in [5, 5.41) is 11.7. The van der Waals surface area contributed by atoms with E-state index >= 15 is 0 Å². The monoisotopic (exact) mass is 319 g/mol. The molecule has 0 bridgehead atoms. The first-order chi connectivity index (χ1) is 11.2. The van der Waals surface area contributed by atoms with E-state index in [0.29, 0.717) is 11.9 Å². The molecule has 3 rings (SSSR count). The highest BCUT2D eigenvalue weighted by Crippen LogP contribution is 2.16. The lowest BCUT2D eigenvalue weighted by molar-refractivity contribution is 0.177. The van der Waals surface area contributed by atoms with Gasteiger partial charge in [-0.3, -0.25) is 4.90 Å². The van der Waals surface area contributed by atoms with Gasteiger partial charge in [-0.2, -0.15) is 4.98 Å². The molecule has 23 heavy (non-hydrogen) atoms. The Labute approximate surface area is 136 Å². The molecule has 0 unspecified atom stereocenters. The SMILES string of the molecule is CCc1nc(CN2CCC[C@H](NCc3c(C)noc3C)C2)no1. The first kappa shape index (κ1) is 16.1. The zero-order valence-electron chi connectivity index (χ0n) is 14.1. The second kappa shape index (κ2) is 7.23. The molecular weight excluding hydrogens is 294 g/mol. The molecule has 2 aromatic rings. The summed E-state index contributed by atoms with van der Waals surface area (Å²) in [7, 11) is 0. The normalized spacial score (nSPS) is 19.3. The van der Waals surface area contributed by atoms with E-state index in [1.165, 1.54) is 18.4 Å². The van der Waals surface area contributed by atoms with Gasteiger partial charge < -0.3 is 14.4 Å². The maximum atomic E-state index is 5.22. The Morgan fingerprint density at radius 1 is 1.26 bits per heavy atom. The first-order valence-corrected chi connectivity index (χ1v) is 8.34. The molecule has 0 saturated carbocycles. The van der Waals surface area contributed by atoms with Gasteiger partial charge in [0.2, 0.25) is 5.89 Å². The average molecular weight is 319 g/mol. The van der Waals surface area contributed by atoms with Crippen molar-refractivity contribution in [1.29, 1.82) is 0 Å². The topological polar surface area (TPSA) is 80.2 Å². The van der Waals surface area contributed by atoms with Crippen LogP contribution in [0.4, 0.5) is 0 Å². The molecule has 0 aromatic carbocycles. The van der Waals surface area contributed by atoms with Gasteiger partial charge in [-0.1, -0.05) is 17.2 Å². The third-order valence-corrected chi connectivity index (χ3v) is 4.43. The van der Waals surface area contributed by atoms with E-state index in [1.807, 2.05) is 20.8 Å². The maximum Gasteiger partial charge on any atom is 0.226 e. The van der Waals surface area contributed by atoms with Crippen LogP contribution in [0.5, 0.6) is 0 Å². The second-order valence-electron chi connectivity index (χ2n) is 6.22. The number of hydrogen-bond donors (Lipinski definition) is 1. The minimum atomic E-state index is 0.468. The van der Waals surface area contributed by atoms with Gasteiger partial charge >= 0.3 is 0 Å². The quantitative estimate of drug-likeness (QED) is 0.872. The molecule has 2 aromatic heterocycles. The number of aryl methyl sites for hydroxylation is 3. The maximum absolute atomic E-state index is 5.22. The second-order valence-corrected chi connectivity index (χ2v) is 6.22. The lowest BCUT2D eigenvalue weighted by Crippen LogP contribution is -2.45. The Balaban J connectivity index is 1.51. The summed E-state index contributed by atoms with van der Waals surface area (Å²) >= 11 is 0. The summed E-state index contributed by atoms with van der Waals surface area (Å²) in [4.78, 5) is 6.78. The average Bonchev–Trinajstić information content (AvgIpc) is 3.13. The van der Waals surface area contributed by atoms with Gasteiger partial charge in [-0.05, 0) is 33.2 Å². The Hall–Kier alpha value is -1.73. The lowest BCUT2D eigenvalue weighted by atomic mass is 10.0. The molecule has 1 aliphatic heterocycles. The van der Waals surface area contributed by atoms with E-state index in [4.69, 9.17) is 9.05 Å². The third kappa shape index (κ3) is 3.97. The lowest BCUT2D eigenvalue weighted by Gasteiger charge is -2.32. The van der Waals surface area contributed by atoms with Gasteiger partial charge in [0.05, 0.1) is 12.2 Å². The number of aromatic nitrogens is 3. The van der Waals surface area contributed by atoms with Crippen LogP contribution in [0.15, 0.2) is 9.05 Å². The molecule has 0 amide bonds. The number of nitrogens with zero attached hydrogens (tertiary/aromatic N) is 4. The molecule has 1 atom stereocenters. The van der Waals surface area contributed by atoms with E-state index in [-0.39, 0.29) is 0 Å². The van der Waals surface area contributed by atoms with Gasteiger partial charge in [0.25, 0.3) is 0 Å². The summed E-state index contributed by atoms with van der Waals surface area (Å²) in [6.07, 6.45) is 3.15. The van der Waals surface area contributed by atoms with Crippen molar-refractivity contribution in [3.63, 3.8) is 0 Å². The Kier molecular flexibility index (Phi) is 5.07. The van der Waals surface area contributed by atoms with Gasteiger partial charge in [-0.15, -0.1) is 0 Å². The summed E-state index contributed by atoms with van der Waals surface area (Å²) in [6, 6.07) is 0.468. The zero-order valence-corrected chi connectivity index (χ0v) is 14.1. The minimum absolute atomic E-state index is 0.468. The molecule has 1 aliphatic rings. The van der Waals surface area contributed by atoms with E-state index in [9.17, 15) is 0 Å². The van der Waals surface area contributed by atoms with Crippen LogP contribution >= 0.6 is 0 Å². The first-order valence-electron chi connectivity index (χ1n) is 8.34. The van der Waals surface area contributed by atoms with Crippen LogP contribution in [0.3, 0.4) is 0 Å². The molecule has 7 nitrogen and oxygen atoms in total. The minimum Gasteiger partial charge on any atom is -0.361 e. The van der Waals surface area contributed by atoms with Crippen molar-refractivity contribution >= 4 is 0 Å². The molecule has 1 N–H and O–H groups in total. The molecule has 1 saturated heterocycles. The van der Waals surface area contributed by atoms with Gasteiger partial charge in [-0.25, -0.2) is 0 Å². The summed E-state index contributed by atoms with van der Waals surface area (Å²) < 4.78 is 10.4. The van der Waals surface area contributed by atoms with Crippen LogP contribution < -0.4 is 5.32 Å². The van der Waals surface area contributed by atoms with Crippen LogP contribution in [0.1, 0.15) is 48.5 Å². The van der Waals surface area contributed by atoms with E-state index < -0.39 is 0 Å². The highest BCUT2D eigenvalue weighted by molar-refractivity contribution is 5.20. The molecule has 126 valence electrons.